The minimum absolute atomic E-state index is 0.538. The Bertz CT molecular complexity index is 293. The van der Waals surface area contributed by atoms with E-state index in [2.05, 4.69) is 27.8 Å². The fraction of sp³-hybridized carbons (Fsp3) is 0.250. The normalized spacial score (nSPS) is 9.54. The predicted molar refractivity (Wildman–Crippen MR) is 63.2 cm³/mol. The van der Waals surface area contributed by atoms with Crippen LogP contribution >= 0.6 is 22.6 Å². The molecule has 1 rings (SSSR count). The van der Waals surface area contributed by atoms with Gasteiger partial charge >= 0.3 is 7.05 Å². The van der Waals surface area contributed by atoms with E-state index in [1.807, 2.05) is 18.2 Å². The van der Waals surface area contributed by atoms with Crippen LogP contribution in [0.2, 0.25) is 6.82 Å². The first-order valence-electron chi connectivity index (χ1n) is 3.91. The topological polar surface area (TPSA) is 41.5 Å². The van der Waals surface area contributed by atoms with E-state index in [0.29, 0.717) is 0 Å². The fourth-order valence-electron chi connectivity index (χ4n) is 0.997. The minimum atomic E-state index is -0.538. The highest BCUT2D eigenvalue weighted by atomic mass is 127. The number of anilines is 1. The Balaban J connectivity index is 2.83. The molecule has 70 valence electrons. The molecule has 0 amide bonds. The van der Waals surface area contributed by atoms with Gasteiger partial charge in [0, 0.05) is 5.69 Å². The van der Waals surface area contributed by atoms with Gasteiger partial charge < -0.3 is 15.0 Å². The zero-order chi connectivity index (χ0) is 9.84. The average molecular weight is 291 g/mol. The van der Waals surface area contributed by atoms with Crippen LogP contribution < -0.4 is 9.96 Å². The SMILES string of the molecule is COc1ccc(NB(C)O)cc1I. The van der Waals surface area contributed by atoms with Gasteiger partial charge in [-0.1, -0.05) is 0 Å². The number of hydrogen-bond donors (Lipinski definition) is 2. The number of halogens is 1. The Hall–Kier alpha value is -0.425. The first-order chi connectivity index (χ1) is 6.13. The quantitative estimate of drug-likeness (QED) is 0.659. The van der Waals surface area contributed by atoms with E-state index in [1.54, 1.807) is 13.9 Å². The number of benzene rings is 1. The van der Waals surface area contributed by atoms with Crippen LogP contribution in [0.5, 0.6) is 5.75 Å². The van der Waals surface area contributed by atoms with Crippen molar-refractivity contribution >= 4 is 35.3 Å². The Morgan fingerprint density at radius 3 is 2.69 bits per heavy atom. The fourth-order valence-corrected chi connectivity index (χ4v) is 1.73. The highest BCUT2D eigenvalue weighted by molar-refractivity contribution is 14.1. The zero-order valence-electron chi connectivity index (χ0n) is 7.54. The Morgan fingerprint density at radius 2 is 2.23 bits per heavy atom. The zero-order valence-corrected chi connectivity index (χ0v) is 9.70. The molecule has 0 radical (unpaired) electrons. The van der Waals surface area contributed by atoms with Crippen LogP contribution in [0.1, 0.15) is 0 Å². The van der Waals surface area contributed by atoms with Crippen molar-refractivity contribution in [3.63, 3.8) is 0 Å². The lowest BCUT2D eigenvalue weighted by Crippen LogP contribution is -2.19. The molecule has 0 fully saturated rings. The maximum absolute atomic E-state index is 9.08. The van der Waals surface area contributed by atoms with E-state index in [1.165, 1.54) is 0 Å². The minimum Gasteiger partial charge on any atom is -0.496 e. The molecule has 0 bridgehead atoms. The summed E-state index contributed by atoms with van der Waals surface area (Å²) in [6, 6.07) is 5.66. The molecule has 0 aliphatic carbocycles. The predicted octanol–water partition coefficient (Wildman–Crippen LogP) is 1.82. The van der Waals surface area contributed by atoms with Gasteiger partial charge in [0.25, 0.3) is 0 Å². The summed E-state index contributed by atoms with van der Waals surface area (Å²) in [5.74, 6) is 0.844. The monoisotopic (exact) mass is 291 g/mol. The summed E-state index contributed by atoms with van der Waals surface area (Å²) in [5.41, 5.74) is 0.889. The molecule has 13 heavy (non-hydrogen) atoms. The molecule has 1 aromatic carbocycles. The molecule has 0 spiro atoms. The first-order valence-corrected chi connectivity index (χ1v) is 4.99. The summed E-state index contributed by atoms with van der Waals surface area (Å²) >= 11 is 2.19. The molecule has 3 nitrogen and oxygen atoms in total. The van der Waals surface area contributed by atoms with Gasteiger partial charge in [-0.2, -0.15) is 0 Å². The molecule has 2 N–H and O–H groups in total. The maximum Gasteiger partial charge on any atom is 0.406 e. The smallest absolute Gasteiger partial charge is 0.406 e. The summed E-state index contributed by atoms with van der Waals surface area (Å²) in [7, 11) is 1.10. The molecule has 0 aliphatic heterocycles. The van der Waals surface area contributed by atoms with Crippen LogP contribution in [0, 0.1) is 3.57 Å². The number of nitrogens with one attached hydrogen (secondary N) is 1. The lowest BCUT2D eigenvalue weighted by molar-refractivity contribution is 0.412. The summed E-state index contributed by atoms with van der Waals surface area (Å²) in [4.78, 5) is 0. The van der Waals surface area contributed by atoms with Gasteiger partial charge in [0.05, 0.1) is 10.7 Å². The van der Waals surface area contributed by atoms with E-state index >= 15 is 0 Å². The van der Waals surface area contributed by atoms with Crippen LogP contribution in [0.15, 0.2) is 18.2 Å². The number of ether oxygens (including phenoxy) is 1. The Labute approximate surface area is 91.8 Å². The van der Waals surface area contributed by atoms with Crippen molar-refractivity contribution in [2.75, 3.05) is 12.3 Å². The third-order valence-electron chi connectivity index (χ3n) is 1.53. The van der Waals surface area contributed by atoms with Crippen LogP contribution in [-0.4, -0.2) is 19.2 Å². The third kappa shape index (κ3) is 3.08. The van der Waals surface area contributed by atoms with E-state index in [-0.39, 0.29) is 0 Å². The number of methoxy groups -OCH3 is 1. The molecule has 0 aliphatic rings. The Morgan fingerprint density at radius 1 is 1.54 bits per heavy atom. The molecule has 0 heterocycles. The van der Waals surface area contributed by atoms with E-state index in [9.17, 15) is 0 Å². The number of rotatable bonds is 3. The molecule has 0 saturated carbocycles. The van der Waals surface area contributed by atoms with Crippen molar-refractivity contribution in [3.05, 3.63) is 21.8 Å². The molecule has 0 atom stereocenters. The largest absolute Gasteiger partial charge is 0.496 e. The molecule has 0 aromatic heterocycles. The lowest BCUT2D eigenvalue weighted by atomic mass is 9.88. The van der Waals surface area contributed by atoms with Crippen molar-refractivity contribution in [2.24, 2.45) is 0 Å². The second-order valence-corrected chi connectivity index (χ2v) is 3.83. The van der Waals surface area contributed by atoms with Crippen LogP contribution in [-0.2, 0) is 0 Å². The van der Waals surface area contributed by atoms with Crippen LogP contribution in [0.4, 0.5) is 5.69 Å². The van der Waals surface area contributed by atoms with Crippen molar-refractivity contribution in [1.82, 2.24) is 0 Å². The van der Waals surface area contributed by atoms with E-state index in [0.717, 1.165) is 15.0 Å². The summed E-state index contributed by atoms with van der Waals surface area (Å²) in [6.45, 7) is 1.68. The first kappa shape index (κ1) is 10.7. The van der Waals surface area contributed by atoms with Gasteiger partial charge in [-0.25, -0.2) is 0 Å². The highest BCUT2D eigenvalue weighted by Gasteiger charge is 2.05. The molecule has 5 heteroatoms. The summed E-state index contributed by atoms with van der Waals surface area (Å²) in [6.07, 6.45) is 0. The average Bonchev–Trinajstić information content (AvgIpc) is 2.03. The molecule has 0 unspecified atom stereocenters. The van der Waals surface area contributed by atoms with Crippen molar-refractivity contribution in [1.29, 1.82) is 0 Å². The molecule has 1 aromatic rings. The van der Waals surface area contributed by atoms with E-state index < -0.39 is 7.05 Å². The van der Waals surface area contributed by atoms with Gasteiger partial charge in [-0.3, -0.25) is 0 Å². The Kier molecular flexibility index (Phi) is 3.86. The van der Waals surface area contributed by atoms with Gasteiger partial charge in [-0.05, 0) is 47.6 Å². The summed E-state index contributed by atoms with van der Waals surface area (Å²) in [5, 5.41) is 12.0. The van der Waals surface area contributed by atoms with Crippen molar-refractivity contribution in [3.8, 4) is 5.75 Å². The second kappa shape index (κ2) is 4.71. The molecule has 0 saturated heterocycles. The molecular weight excluding hydrogens is 280 g/mol. The third-order valence-corrected chi connectivity index (χ3v) is 2.37. The van der Waals surface area contributed by atoms with Gasteiger partial charge in [0.2, 0.25) is 0 Å². The van der Waals surface area contributed by atoms with Crippen molar-refractivity contribution < 1.29 is 9.76 Å². The lowest BCUT2D eigenvalue weighted by Gasteiger charge is -2.08. The highest BCUT2D eigenvalue weighted by Crippen LogP contribution is 2.23. The van der Waals surface area contributed by atoms with Gasteiger partial charge in [0.15, 0.2) is 0 Å². The standard InChI is InChI=1S/C8H11BINO2/c1-9(12)11-6-3-4-8(13-2)7(10)5-6/h3-5,11-12H,1-2H3. The van der Waals surface area contributed by atoms with Gasteiger partial charge in [0.1, 0.15) is 5.75 Å². The summed E-state index contributed by atoms with van der Waals surface area (Å²) < 4.78 is 6.13. The van der Waals surface area contributed by atoms with Gasteiger partial charge in [-0.15, -0.1) is 0 Å². The van der Waals surface area contributed by atoms with Crippen LogP contribution in [0.3, 0.4) is 0 Å². The second-order valence-electron chi connectivity index (χ2n) is 2.67. The van der Waals surface area contributed by atoms with Crippen molar-refractivity contribution in [2.45, 2.75) is 6.82 Å². The van der Waals surface area contributed by atoms with E-state index in [4.69, 9.17) is 9.76 Å². The molecular formula is C8H11BINO2. The van der Waals surface area contributed by atoms with Crippen LogP contribution in [0.25, 0.3) is 0 Å². The number of hydrogen-bond acceptors (Lipinski definition) is 3. The maximum atomic E-state index is 9.08.